The predicted molar refractivity (Wildman–Crippen MR) is 79.0 cm³/mol. The number of nitrogens with one attached hydrogen (secondary N) is 2. The molecule has 0 atom stereocenters. The molecular weight excluding hydrogens is 280 g/mol. The summed E-state index contributed by atoms with van der Waals surface area (Å²) in [6.07, 6.45) is -0.600. The number of hydrogen-bond acceptors (Lipinski definition) is 3. The van der Waals surface area contributed by atoms with Crippen LogP contribution in [0.4, 0.5) is 10.5 Å². The van der Waals surface area contributed by atoms with Crippen LogP contribution in [0.2, 0.25) is 5.02 Å². The van der Waals surface area contributed by atoms with Crippen molar-refractivity contribution in [3.05, 3.63) is 28.8 Å². The van der Waals surface area contributed by atoms with Crippen LogP contribution in [0.3, 0.4) is 0 Å². The zero-order valence-electron chi connectivity index (χ0n) is 11.8. The molecule has 0 aliphatic carbocycles. The van der Waals surface area contributed by atoms with Crippen LogP contribution in [0.15, 0.2) is 18.2 Å². The lowest BCUT2D eigenvalue weighted by Gasteiger charge is -2.10. The van der Waals surface area contributed by atoms with E-state index >= 15 is 0 Å². The van der Waals surface area contributed by atoms with E-state index in [0.29, 0.717) is 17.3 Å². The van der Waals surface area contributed by atoms with Gasteiger partial charge in [-0.15, -0.1) is 0 Å². The molecule has 2 amide bonds. The minimum absolute atomic E-state index is 0.150. The molecule has 5 nitrogen and oxygen atoms in total. The fraction of sp³-hybridized carbons (Fsp3) is 0.429. The Morgan fingerprint density at radius 2 is 2.05 bits per heavy atom. The molecule has 0 unspecified atom stereocenters. The Morgan fingerprint density at radius 1 is 1.35 bits per heavy atom. The third kappa shape index (κ3) is 5.93. The highest BCUT2D eigenvalue weighted by Gasteiger charge is 2.08. The molecule has 1 aromatic carbocycles. The normalized spacial score (nSPS) is 10.2. The topological polar surface area (TPSA) is 67.4 Å². The Kier molecular flexibility index (Phi) is 6.31. The molecule has 0 aromatic heterocycles. The highest BCUT2D eigenvalue weighted by molar-refractivity contribution is 6.31. The molecule has 2 N–H and O–H groups in total. The SMILES string of the molecule is Cc1ccc(Cl)cc1NC(=O)CNC(=O)OCC(C)C. The Morgan fingerprint density at radius 3 is 2.70 bits per heavy atom. The summed E-state index contributed by atoms with van der Waals surface area (Å²) in [6, 6.07) is 5.21. The first-order chi connectivity index (χ1) is 9.38. The molecule has 0 aliphatic rings. The number of anilines is 1. The maximum absolute atomic E-state index is 11.7. The van der Waals surface area contributed by atoms with Crippen LogP contribution in [0.5, 0.6) is 0 Å². The number of ether oxygens (including phenoxy) is 1. The average Bonchev–Trinajstić information content (AvgIpc) is 2.38. The zero-order valence-corrected chi connectivity index (χ0v) is 12.6. The van der Waals surface area contributed by atoms with Crippen LogP contribution in [0, 0.1) is 12.8 Å². The third-order valence-electron chi connectivity index (χ3n) is 2.41. The van der Waals surface area contributed by atoms with Gasteiger partial charge < -0.3 is 15.4 Å². The van der Waals surface area contributed by atoms with E-state index in [1.54, 1.807) is 12.1 Å². The van der Waals surface area contributed by atoms with Gasteiger partial charge in [-0.2, -0.15) is 0 Å². The molecule has 6 heteroatoms. The maximum Gasteiger partial charge on any atom is 0.407 e. The van der Waals surface area contributed by atoms with E-state index in [4.69, 9.17) is 16.3 Å². The molecule has 0 bridgehead atoms. The van der Waals surface area contributed by atoms with Gasteiger partial charge in [0.15, 0.2) is 0 Å². The van der Waals surface area contributed by atoms with E-state index in [0.717, 1.165) is 5.56 Å². The Labute approximate surface area is 123 Å². The number of hydrogen-bond donors (Lipinski definition) is 2. The number of alkyl carbamates (subject to hydrolysis) is 1. The quantitative estimate of drug-likeness (QED) is 0.878. The van der Waals surface area contributed by atoms with E-state index in [1.165, 1.54) is 0 Å². The van der Waals surface area contributed by atoms with Gasteiger partial charge in [0.25, 0.3) is 0 Å². The van der Waals surface area contributed by atoms with Crippen molar-refractivity contribution in [3.63, 3.8) is 0 Å². The molecule has 0 radical (unpaired) electrons. The minimum Gasteiger partial charge on any atom is -0.449 e. The highest BCUT2D eigenvalue weighted by Crippen LogP contribution is 2.19. The van der Waals surface area contributed by atoms with Crippen LogP contribution in [0.25, 0.3) is 0 Å². The fourth-order valence-electron chi connectivity index (χ4n) is 1.37. The number of carbonyl (C=O) groups is 2. The molecule has 110 valence electrons. The molecule has 0 fully saturated rings. The monoisotopic (exact) mass is 298 g/mol. The summed E-state index contributed by atoms with van der Waals surface area (Å²) in [7, 11) is 0. The standard InChI is InChI=1S/C14H19ClN2O3/c1-9(2)8-20-14(19)16-7-13(18)17-12-6-11(15)5-4-10(12)3/h4-6,9H,7-8H2,1-3H3,(H,16,19)(H,17,18). The first-order valence-corrected chi connectivity index (χ1v) is 6.73. The van der Waals surface area contributed by atoms with Gasteiger partial charge in [0.05, 0.1) is 6.61 Å². The average molecular weight is 299 g/mol. The minimum atomic E-state index is -0.600. The van der Waals surface area contributed by atoms with Crippen molar-refractivity contribution in [2.24, 2.45) is 5.92 Å². The Hall–Kier alpha value is -1.75. The number of carbonyl (C=O) groups excluding carboxylic acids is 2. The molecule has 0 saturated heterocycles. The second-order valence-electron chi connectivity index (χ2n) is 4.85. The number of amides is 2. The third-order valence-corrected chi connectivity index (χ3v) is 2.65. The van der Waals surface area contributed by atoms with Crippen molar-refractivity contribution >= 4 is 29.3 Å². The highest BCUT2D eigenvalue weighted by atomic mass is 35.5. The maximum atomic E-state index is 11.7. The summed E-state index contributed by atoms with van der Waals surface area (Å²) in [5.74, 6) is -0.0828. The lowest BCUT2D eigenvalue weighted by Crippen LogP contribution is -2.33. The van der Waals surface area contributed by atoms with Gasteiger partial charge in [0, 0.05) is 10.7 Å². The smallest absolute Gasteiger partial charge is 0.407 e. The van der Waals surface area contributed by atoms with Crippen molar-refractivity contribution in [1.82, 2.24) is 5.32 Å². The van der Waals surface area contributed by atoms with Gasteiger partial charge in [0.1, 0.15) is 6.54 Å². The van der Waals surface area contributed by atoms with Crippen LogP contribution in [0.1, 0.15) is 19.4 Å². The summed E-state index contributed by atoms with van der Waals surface area (Å²) in [5, 5.41) is 5.60. The van der Waals surface area contributed by atoms with Gasteiger partial charge >= 0.3 is 6.09 Å². The van der Waals surface area contributed by atoms with E-state index in [-0.39, 0.29) is 18.4 Å². The number of aryl methyl sites for hydroxylation is 1. The van der Waals surface area contributed by atoms with E-state index in [2.05, 4.69) is 10.6 Å². The van der Waals surface area contributed by atoms with Crippen molar-refractivity contribution in [1.29, 1.82) is 0 Å². The van der Waals surface area contributed by atoms with E-state index in [1.807, 2.05) is 26.8 Å². The summed E-state index contributed by atoms with van der Waals surface area (Å²) >= 11 is 5.86. The largest absolute Gasteiger partial charge is 0.449 e. The van der Waals surface area contributed by atoms with Crippen molar-refractivity contribution in [2.45, 2.75) is 20.8 Å². The molecule has 0 heterocycles. The van der Waals surface area contributed by atoms with Gasteiger partial charge in [-0.3, -0.25) is 4.79 Å². The molecule has 0 spiro atoms. The number of rotatable bonds is 5. The summed E-state index contributed by atoms with van der Waals surface area (Å²) in [4.78, 5) is 23.0. The Bertz CT molecular complexity index is 489. The molecule has 1 aromatic rings. The molecule has 0 aliphatic heterocycles. The van der Waals surface area contributed by atoms with Crippen molar-refractivity contribution in [2.75, 3.05) is 18.5 Å². The van der Waals surface area contributed by atoms with E-state index < -0.39 is 6.09 Å². The van der Waals surface area contributed by atoms with Gasteiger partial charge in [-0.1, -0.05) is 31.5 Å². The van der Waals surface area contributed by atoms with Crippen LogP contribution in [-0.2, 0) is 9.53 Å². The zero-order chi connectivity index (χ0) is 15.1. The first kappa shape index (κ1) is 16.3. The second-order valence-corrected chi connectivity index (χ2v) is 5.29. The number of halogens is 1. The molecule has 20 heavy (non-hydrogen) atoms. The predicted octanol–water partition coefficient (Wildman–Crippen LogP) is 2.97. The lowest BCUT2D eigenvalue weighted by atomic mass is 10.2. The first-order valence-electron chi connectivity index (χ1n) is 6.35. The van der Waals surface area contributed by atoms with Gasteiger partial charge in [-0.25, -0.2) is 4.79 Å². The van der Waals surface area contributed by atoms with Gasteiger partial charge in [-0.05, 0) is 30.5 Å². The summed E-state index contributed by atoms with van der Waals surface area (Å²) in [6.45, 7) is 5.89. The number of benzene rings is 1. The second kappa shape index (κ2) is 7.75. The molecular formula is C14H19ClN2O3. The summed E-state index contributed by atoms with van der Waals surface area (Å²) in [5.41, 5.74) is 1.52. The van der Waals surface area contributed by atoms with Crippen LogP contribution >= 0.6 is 11.6 Å². The molecule has 0 saturated carbocycles. The lowest BCUT2D eigenvalue weighted by molar-refractivity contribution is -0.115. The summed E-state index contributed by atoms with van der Waals surface area (Å²) < 4.78 is 4.90. The van der Waals surface area contributed by atoms with E-state index in [9.17, 15) is 9.59 Å². The van der Waals surface area contributed by atoms with Crippen LogP contribution in [-0.4, -0.2) is 25.2 Å². The van der Waals surface area contributed by atoms with Crippen LogP contribution < -0.4 is 10.6 Å². The Balaban J connectivity index is 2.40. The van der Waals surface area contributed by atoms with Gasteiger partial charge in [0.2, 0.25) is 5.91 Å². The van der Waals surface area contributed by atoms with Crippen molar-refractivity contribution in [3.8, 4) is 0 Å². The fourth-order valence-corrected chi connectivity index (χ4v) is 1.54. The van der Waals surface area contributed by atoms with Crippen molar-refractivity contribution < 1.29 is 14.3 Å². The molecule has 1 rings (SSSR count).